The molecule has 9 heavy (non-hydrogen) atoms. The van der Waals surface area contributed by atoms with Crippen molar-refractivity contribution in [3.8, 4) is 0 Å². The molecule has 1 aliphatic rings. The monoisotopic (exact) mass is 160 g/mol. The Balaban J connectivity index is 2.60. The molecule has 1 rings (SSSR count). The Morgan fingerprint density at radius 2 is 2.11 bits per heavy atom. The van der Waals surface area contributed by atoms with Gasteiger partial charge in [0.1, 0.15) is 0 Å². The molecule has 0 saturated carbocycles. The first-order valence-corrected chi connectivity index (χ1v) is 5.06. The van der Waals surface area contributed by atoms with E-state index in [1.165, 1.54) is 16.4 Å². The van der Waals surface area contributed by atoms with Gasteiger partial charge in [-0.1, -0.05) is 6.58 Å². The highest BCUT2D eigenvalue weighted by Gasteiger charge is 2.25. The van der Waals surface area contributed by atoms with Gasteiger partial charge in [0.05, 0.1) is 0 Å². The fourth-order valence-corrected chi connectivity index (χ4v) is 3.00. The van der Waals surface area contributed by atoms with Crippen LogP contribution in [0.1, 0.15) is 13.8 Å². The fraction of sp³-hybridized carbons (Fsp3) is 0.714. The van der Waals surface area contributed by atoms with Crippen LogP contribution in [0.4, 0.5) is 0 Å². The van der Waals surface area contributed by atoms with Gasteiger partial charge in [0.15, 0.2) is 0 Å². The van der Waals surface area contributed by atoms with Crippen molar-refractivity contribution in [1.82, 2.24) is 0 Å². The summed E-state index contributed by atoms with van der Waals surface area (Å²) < 4.78 is 0.322. The molecule has 52 valence electrons. The van der Waals surface area contributed by atoms with Crippen LogP contribution in [0.3, 0.4) is 0 Å². The first-order valence-electron chi connectivity index (χ1n) is 3.09. The Morgan fingerprint density at radius 3 is 2.44 bits per heavy atom. The summed E-state index contributed by atoms with van der Waals surface area (Å²) in [5.41, 5.74) is 0. The van der Waals surface area contributed by atoms with Gasteiger partial charge in [0, 0.05) is 16.3 Å². The Labute approximate surface area is 65.5 Å². The molecule has 0 amide bonds. The molecule has 2 heteroatoms. The topological polar surface area (TPSA) is 0 Å². The highest BCUT2D eigenvalue weighted by Crippen LogP contribution is 2.42. The zero-order chi connectivity index (χ0) is 6.91. The smallest absolute Gasteiger partial charge is 0.0405 e. The molecule has 1 fully saturated rings. The first-order chi connectivity index (χ1) is 4.13. The second-order valence-electron chi connectivity index (χ2n) is 2.63. The van der Waals surface area contributed by atoms with Gasteiger partial charge >= 0.3 is 0 Å². The standard InChI is InChI=1S/C7H12S2/c1-6-7(2,3)9-5-4-8-6/h1,4-5H2,2-3H3. The lowest BCUT2D eigenvalue weighted by Gasteiger charge is -2.30. The number of hydrogen-bond donors (Lipinski definition) is 0. The summed E-state index contributed by atoms with van der Waals surface area (Å²) in [5.74, 6) is 2.52. The molecular formula is C7H12S2. The molecule has 0 aromatic rings. The van der Waals surface area contributed by atoms with Crippen LogP contribution >= 0.6 is 23.5 Å². The Hall–Kier alpha value is 0.440. The zero-order valence-electron chi connectivity index (χ0n) is 5.94. The van der Waals surface area contributed by atoms with Gasteiger partial charge in [-0.15, -0.1) is 23.5 Å². The van der Waals surface area contributed by atoms with E-state index in [4.69, 9.17) is 0 Å². The van der Waals surface area contributed by atoms with Crippen LogP contribution in [0.25, 0.3) is 0 Å². The minimum absolute atomic E-state index is 0.322. The van der Waals surface area contributed by atoms with Crippen molar-refractivity contribution in [3.05, 3.63) is 11.5 Å². The number of hydrogen-bond acceptors (Lipinski definition) is 2. The van der Waals surface area contributed by atoms with Crippen LogP contribution in [-0.2, 0) is 0 Å². The van der Waals surface area contributed by atoms with Crippen LogP contribution < -0.4 is 0 Å². The maximum atomic E-state index is 4.01. The largest absolute Gasteiger partial charge is 0.150 e. The van der Waals surface area contributed by atoms with Gasteiger partial charge in [-0.3, -0.25) is 0 Å². The third kappa shape index (κ3) is 1.68. The van der Waals surface area contributed by atoms with Gasteiger partial charge in [0.25, 0.3) is 0 Å². The van der Waals surface area contributed by atoms with E-state index < -0.39 is 0 Å². The lowest BCUT2D eigenvalue weighted by Crippen LogP contribution is -2.20. The first kappa shape index (κ1) is 7.55. The quantitative estimate of drug-likeness (QED) is 0.534. The van der Waals surface area contributed by atoms with Gasteiger partial charge in [-0.2, -0.15) is 0 Å². The maximum Gasteiger partial charge on any atom is 0.0405 e. The van der Waals surface area contributed by atoms with Crippen LogP contribution in [0.5, 0.6) is 0 Å². The molecule has 0 bridgehead atoms. The van der Waals surface area contributed by atoms with Crippen LogP contribution in [0.15, 0.2) is 11.5 Å². The van der Waals surface area contributed by atoms with Crippen molar-refractivity contribution in [2.45, 2.75) is 18.6 Å². The predicted octanol–water partition coefficient (Wildman–Crippen LogP) is 2.76. The molecule has 0 atom stereocenters. The summed E-state index contributed by atoms with van der Waals surface area (Å²) in [4.78, 5) is 1.33. The summed E-state index contributed by atoms with van der Waals surface area (Å²) in [7, 11) is 0. The van der Waals surface area contributed by atoms with Crippen molar-refractivity contribution in [2.24, 2.45) is 0 Å². The summed E-state index contributed by atoms with van der Waals surface area (Å²) in [6.45, 7) is 8.49. The molecule has 1 aliphatic heterocycles. The number of rotatable bonds is 0. The molecule has 1 saturated heterocycles. The molecular weight excluding hydrogens is 148 g/mol. The normalized spacial score (nSPS) is 26.2. The van der Waals surface area contributed by atoms with Crippen molar-refractivity contribution < 1.29 is 0 Å². The highest BCUT2D eigenvalue weighted by atomic mass is 32.2. The van der Waals surface area contributed by atoms with Crippen molar-refractivity contribution >= 4 is 23.5 Å². The van der Waals surface area contributed by atoms with E-state index >= 15 is 0 Å². The summed E-state index contributed by atoms with van der Waals surface area (Å²) in [6, 6.07) is 0. The van der Waals surface area contributed by atoms with Gasteiger partial charge in [-0.25, -0.2) is 0 Å². The van der Waals surface area contributed by atoms with Gasteiger partial charge in [-0.05, 0) is 18.8 Å². The Kier molecular flexibility index (Phi) is 2.17. The lowest BCUT2D eigenvalue weighted by atomic mass is 10.2. The van der Waals surface area contributed by atoms with E-state index in [-0.39, 0.29) is 0 Å². The predicted molar refractivity (Wildman–Crippen MR) is 48.1 cm³/mol. The summed E-state index contributed by atoms with van der Waals surface area (Å²) >= 11 is 3.92. The van der Waals surface area contributed by atoms with Crippen LogP contribution in [-0.4, -0.2) is 16.3 Å². The average Bonchev–Trinajstić information content (AvgIpc) is 1.77. The second-order valence-corrected chi connectivity index (χ2v) is 5.54. The van der Waals surface area contributed by atoms with E-state index in [1.54, 1.807) is 0 Å². The van der Waals surface area contributed by atoms with Crippen LogP contribution in [0, 0.1) is 0 Å². The van der Waals surface area contributed by atoms with E-state index in [2.05, 4.69) is 20.4 Å². The third-order valence-electron chi connectivity index (χ3n) is 1.49. The van der Waals surface area contributed by atoms with E-state index in [0.29, 0.717) is 4.75 Å². The lowest BCUT2D eigenvalue weighted by molar-refractivity contribution is 0.881. The summed E-state index contributed by atoms with van der Waals surface area (Å²) in [6.07, 6.45) is 0. The molecule has 0 spiro atoms. The minimum atomic E-state index is 0.322. The van der Waals surface area contributed by atoms with E-state index in [9.17, 15) is 0 Å². The fourth-order valence-electron chi connectivity index (χ4n) is 0.716. The molecule has 1 heterocycles. The average molecular weight is 160 g/mol. The summed E-state index contributed by atoms with van der Waals surface area (Å²) in [5, 5.41) is 0. The minimum Gasteiger partial charge on any atom is -0.150 e. The van der Waals surface area contributed by atoms with Gasteiger partial charge < -0.3 is 0 Å². The zero-order valence-corrected chi connectivity index (χ0v) is 7.57. The molecule has 0 aromatic heterocycles. The Morgan fingerprint density at radius 1 is 1.44 bits per heavy atom. The SMILES string of the molecule is C=C1SCCSC1(C)C. The van der Waals surface area contributed by atoms with Crippen LogP contribution in [0.2, 0.25) is 0 Å². The van der Waals surface area contributed by atoms with Gasteiger partial charge in [0.2, 0.25) is 0 Å². The van der Waals surface area contributed by atoms with Crippen molar-refractivity contribution in [2.75, 3.05) is 11.5 Å². The molecule has 0 unspecified atom stereocenters. The molecule has 0 aliphatic carbocycles. The molecule has 0 radical (unpaired) electrons. The third-order valence-corrected chi connectivity index (χ3v) is 4.53. The molecule has 0 nitrogen and oxygen atoms in total. The second kappa shape index (κ2) is 2.59. The number of thioether (sulfide) groups is 2. The van der Waals surface area contributed by atoms with E-state index in [0.717, 1.165) is 0 Å². The van der Waals surface area contributed by atoms with Crippen molar-refractivity contribution in [3.63, 3.8) is 0 Å². The molecule has 0 aromatic carbocycles. The van der Waals surface area contributed by atoms with Crippen molar-refractivity contribution in [1.29, 1.82) is 0 Å². The molecule has 0 N–H and O–H groups in total. The van der Waals surface area contributed by atoms with E-state index in [1.807, 2.05) is 23.5 Å². The maximum absolute atomic E-state index is 4.01. The highest BCUT2D eigenvalue weighted by molar-refractivity contribution is 8.09. The Bertz CT molecular complexity index is 127.